The maximum atomic E-state index is 12.4. The third-order valence-electron chi connectivity index (χ3n) is 4.12. The first kappa shape index (κ1) is 13.6. The van der Waals surface area contributed by atoms with E-state index >= 15 is 0 Å². The van der Waals surface area contributed by atoms with Crippen molar-refractivity contribution >= 4 is 5.91 Å². The first-order valence-electron chi connectivity index (χ1n) is 7.50. The fraction of sp³-hybridized carbons (Fsp3) is 0.562. The van der Waals surface area contributed by atoms with E-state index in [0.29, 0.717) is 6.67 Å². The quantitative estimate of drug-likeness (QED) is 0.906. The summed E-state index contributed by atoms with van der Waals surface area (Å²) in [4.78, 5) is 14.3. The molecule has 108 valence electrons. The topological polar surface area (TPSA) is 41.6 Å². The monoisotopic (exact) mass is 274 g/mol. The Labute approximate surface area is 120 Å². The number of ether oxygens (including phenoxy) is 1. The van der Waals surface area contributed by atoms with E-state index in [-0.39, 0.29) is 18.1 Å². The molecule has 0 spiro atoms. The lowest BCUT2D eigenvalue weighted by atomic mass is 10.1. The minimum absolute atomic E-state index is 0.0824. The van der Waals surface area contributed by atoms with Crippen molar-refractivity contribution in [2.24, 2.45) is 0 Å². The van der Waals surface area contributed by atoms with Gasteiger partial charge in [0.2, 0.25) is 5.91 Å². The van der Waals surface area contributed by atoms with Gasteiger partial charge in [0.1, 0.15) is 0 Å². The zero-order valence-corrected chi connectivity index (χ0v) is 11.8. The molecule has 3 rings (SSSR count). The Morgan fingerprint density at radius 1 is 1.25 bits per heavy atom. The predicted octanol–water partition coefficient (Wildman–Crippen LogP) is 1.56. The molecule has 0 aliphatic carbocycles. The number of hydrogen-bond acceptors (Lipinski definition) is 3. The molecule has 2 aliphatic heterocycles. The standard InChI is InChI=1S/C16H22N2O2/c19-16-15(10-13-6-2-1-3-7-13)17-12-18(16)11-14-8-4-5-9-20-14/h1-3,6-7,14-15,17H,4-5,8-12H2. The summed E-state index contributed by atoms with van der Waals surface area (Å²) in [7, 11) is 0. The second-order valence-corrected chi connectivity index (χ2v) is 5.65. The molecule has 1 N–H and O–H groups in total. The summed E-state index contributed by atoms with van der Waals surface area (Å²) in [5, 5.41) is 3.32. The third kappa shape index (κ3) is 3.19. The van der Waals surface area contributed by atoms with Gasteiger partial charge in [-0.25, -0.2) is 0 Å². The van der Waals surface area contributed by atoms with Crippen LogP contribution in [0.5, 0.6) is 0 Å². The van der Waals surface area contributed by atoms with E-state index in [2.05, 4.69) is 17.4 Å². The maximum Gasteiger partial charge on any atom is 0.241 e. The molecule has 2 unspecified atom stereocenters. The Hall–Kier alpha value is -1.39. The Morgan fingerprint density at radius 2 is 2.10 bits per heavy atom. The number of hydrogen-bond donors (Lipinski definition) is 1. The van der Waals surface area contributed by atoms with E-state index < -0.39 is 0 Å². The summed E-state index contributed by atoms with van der Waals surface area (Å²) in [6, 6.07) is 10.1. The molecule has 0 saturated carbocycles. The summed E-state index contributed by atoms with van der Waals surface area (Å²) in [5.41, 5.74) is 1.20. The largest absolute Gasteiger partial charge is 0.376 e. The third-order valence-corrected chi connectivity index (χ3v) is 4.12. The van der Waals surface area contributed by atoms with Crippen molar-refractivity contribution in [1.82, 2.24) is 10.2 Å². The second kappa shape index (κ2) is 6.37. The van der Waals surface area contributed by atoms with E-state index in [1.807, 2.05) is 23.1 Å². The SMILES string of the molecule is O=C1C(Cc2ccccc2)NCN1CC1CCCCO1. The van der Waals surface area contributed by atoms with Gasteiger partial charge in [0, 0.05) is 13.2 Å². The van der Waals surface area contributed by atoms with Crippen LogP contribution in [0.25, 0.3) is 0 Å². The normalized spacial score (nSPS) is 27.0. The van der Waals surface area contributed by atoms with Gasteiger partial charge in [-0.2, -0.15) is 0 Å². The van der Waals surface area contributed by atoms with Gasteiger partial charge in [-0.15, -0.1) is 0 Å². The molecule has 2 aliphatic rings. The minimum atomic E-state index is -0.0824. The molecule has 4 nitrogen and oxygen atoms in total. The van der Waals surface area contributed by atoms with Crippen LogP contribution in [0.2, 0.25) is 0 Å². The molecule has 0 radical (unpaired) electrons. The Bertz CT molecular complexity index is 443. The average molecular weight is 274 g/mol. The van der Waals surface area contributed by atoms with Crippen LogP contribution in [0.4, 0.5) is 0 Å². The number of amides is 1. The summed E-state index contributed by atoms with van der Waals surface area (Å²) < 4.78 is 5.72. The smallest absolute Gasteiger partial charge is 0.241 e. The van der Waals surface area contributed by atoms with Gasteiger partial charge in [0.25, 0.3) is 0 Å². The van der Waals surface area contributed by atoms with Crippen LogP contribution < -0.4 is 5.32 Å². The number of carbonyl (C=O) groups is 1. The number of benzene rings is 1. The van der Waals surface area contributed by atoms with E-state index in [1.54, 1.807) is 0 Å². The van der Waals surface area contributed by atoms with Crippen molar-refractivity contribution in [3.63, 3.8) is 0 Å². The van der Waals surface area contributed by atoms with Gasteiger partial charge in [0.05, 0.1) is 18.8 Å². The Kier molecular flexibility index (Phi) is 4.33. The molecule has 1 aromatic carbocycles. The highest BCUT2D eigenvalue weighted by molar-refractivity contribution is 5.84. The first-order valence-corrected chi connectivity index (χ1v) is 7.50. The number of carbonyl (C=O) groups excluding carboxylic acids is 1. The lowest BCUT2D eigenvalue weighted by molar-refractivity contribution is -0.131. The van der Waals surface area contributed by atoms with Crippen LogP contribution in [0.3, 0.4) is 0 Å². The highest BCUT2D eigenvalue weighted by Crippen LogP contribution is 2.16. The number of rotatable bonds is 4. The summed E-state index contributed by atoms with van der Waals surface area (Å²) in [6.45, 7) is 2.22. The lowest BCUT2D eigenvalue weighted by Gasteiger charge is -2.26. The van der Waals surface area contributed by atoms with Gasteiger partial charge in [-0.3, -0.25) is 10.1 Å². The van der Waals surface area contributed by atoms with Crippen LogP contribution >= 0.6 is 0 Å². The van der Waals surface area contributed by atoms with E-state index in [9.17, 15) is 4.79 Å². The first-order chi connectivity index (χ1) is 9.83. The lowest BCUT2D eigenvalue weighted by Crippen LogP contribution is -2.38. The van der Waals surface area contributed by atoms with E-state index in [4.69, 9.17) is 4.74 Å². The number of nitrogens with one attached hydrogen (secondary N) is 1. The summed E-state index contributed by atoms with van der Waals surface area (Å²) in [5.74, 6) is 0.211. The van der Waals surface area contributed by atoms with Gasteiger partial charge >= 0.3 is 0 Å². The van der Waals surface area contributed by atoms with Crippen LogP contribution in [-0.2, 0) is 16.0 Å². The average Bonchev–Trinajstić information content (AvgIpc) is 2.83. The van der Waals surface area contributed by atoms with Crippen LogP contribution in [0.15, 0.2) is 30.3 Å². The van der Waals surface area contributed by atoms with Crippen molar-refractivity contribution in [3.8, 4) is 0 Å². The Balaban J connectivity index is 1.54. The van der Waals surface area contributed by atoms with E-state index in [1.165, 1.54) is 12.0 Å². The molecule has 20 heavy (non-hydrogen) atoms. The van der Waals surface area contributed by atoms with Crippen molar-refractivity contribution in [3.05, 3.63) is 35.9 Å². The van der Waals surface area contributed by atoms with Gasteiger partial charge in [-0.05, 0) is 31.2 Å². The molecule has 1 amide bonds. The minimum Gasteiger partial charge on any atom is -0.376 e. The molecule has 2 atom stereocenters. The zero-order valence-electron chi connectivity index (χ0n) is 11.8. The second-order valence-electron chi connectivity index (χ2n) is 5.65. The molecular weight excluding hydrogens is 252 g/mol. The molecule has 1 aromatic rings. The molecule has 0 bridgehead atoms. The molecule has 0 aromatic heterocycles. The Morgan fingerprint density at radius 3 is 2.85 bits per heavy atom. The molecule has 4 heteroatoms. The zero-order chi connectivity index (χ0) is 13.8. The van der Waals surface area contributed by atoms with Crippen LogP contribution in [-0.4, -0.2) is 42.8 Å². The predicted molar refractivity (Wildman–Crippen MR) is 77.2 cm³/mol. The molecule has 2 fully saturated rings. The molecule has 2 saturated heterocycles. The summed E-state index contributed by atoms with van der Waals surface area (Å²) >= 11 is 0. The fourth-order valence-corrected chi connectivity index (χ4v) is 2.97. The van der Waals surface area contributed by atoms with Gasteiger partial charge in [-0.1, -0.05) is 30.3 Å². The number of nitrogens with zero attached hydrogens (tertiary/aromatic N) is 1. The van der Waals surface area contributed by atoms with Crippen molar-refractivity contribution in [2.75, 3.05) is 19.8 Å². The fourth-order valence-electron chi connectivity index (χ4n) is 2.97. The van der Waals surface area contributed by atoms with Crippen molar-refractivity contribution in [1.29, 1.82) is 0 Å². The molecule has 2 heterocycles. The highest BCUT2D eigenvalue weighted by Gasteiger charge is 2.32. The van der Waals surface area contributed by atoms with Crippen LogP contribution in [0.1, 0.15) is 24.8 Å². The van der Waals surface area contributed by atoms with Crippen molar-refractivity contribution in [2.45, 2.75) is 37.8 Å². The van der Waals surface area contributed by atoms with Crippen molar-refractivity contribution < 1.29 is 9.53 Å². The van der Waals surface area contributed by atoms with Crippen LogP contribution in [0, 0.1) is 0 Å². The van der Waals surface area contributed by atoms with E-state index in [0.717, 1.165) is 32.4 Å². The van der Waals surface area contributed by atoms with Gasteiger partial charge in [0.15, 0.2) is 0 Å². The summed E-state index contributed by atoms with van der Waals surface area (Å²) in [6.07, 6.45) is 4.44. The highest BCUT2D eigenvalue weighted by atomic mass is 16.5. The maximum absolute atomic E-state index is 12.4. The van der Waals surface area contributed by atoms with Gasteiger partial charge < -0.3 is 9.64 Å². The molecular formula is C16H22N2O2.